The van der Waals surface area contributed by atoms with Gasteiger partial charge in [-0.3, -0.25) is 4.79 Å². The summed E-state index contributed by atoms with van der Waals surface area (Å²) in [5.41, 5.74) is 0.942. The van der Waals surface area contributed by atoms with Gasteiger partial charge in [0, 0.05) is 51.1 Å². The molecule has 0 aromatic carbocycles. The summed E-state index contributed by atoms with van der Waals surface area (Å²) in [5, 5.41) is 3.29. The Kier molecular flexibility index (Phi) is 4.72. The SMILES string of the molecule is Cc1cc(N2CCN(C=O)CC2)nc(NCC2CCCO2)n1. The highest BCUT2D eigenvalue weighted by Gasteiger charge is 2.19. The molecule has 7 heteroatoms. The van der Waals surface area contributed by atoms with Crippen molar-refractivity contribution in [2.75, 3.05) is 49.5 Å². The third kappa shape index (κ3) is 3.65. The lowest BCUT2D eigenvalue weighted by atomic mass is 10.2. The van der Waals surface area contributed by atoms with Gasteiger partial charge in [-0.15, -0.1) is 0 Å². The van der Waals surface area contributed by atoms with Crippen molar-refractivity contribution >= 4 is 18.2 Å². The molecule has 1 aromatic rings. The lowest BCUT2D eigenvalue weighted by Gasteiger charge is -2.33. The lowest BCUT2D eigenvalue weighted by molar-refractivity contribution is -0.118. The van der Waals surface area contributed by atoms with Crippen molar-refractivity contribution in [2.45, 2.75) is 25.9 Å². The molecule has 0 bridgehead atoms. The number of aryl methyl sites for hydroxylation is 1. The zero-order chi connectivity index (χ0) is 15.4. The van der Waals surface area contributed by atoms with E-state index in [1.165, 1.54) is 0 Å². The Morgan fingerprint density at radius 3 is 2.86 bits per heavy atom. The molecular weight excluding hydrogens is 282 g/mol. The molecular formula is C15H23N5O2. The number of nitrogens with zero attached hydrogens (tertiary/aromatic N) is 4. The van der Waals surface area contributed by atoms with E-state index >= 15 is 0 Å². The molecule has 22 heavy (non-hydrogen) atoms. The molecule has 1 amide bonds. The molecule has 1 unspecified atom stereocenters. The highest BCUT2D eigenvalue weighted by Crippen LogP contribution is 2.17. The van der Waals surface area contributed by atoms with E-state index in [0.717, 1.165) is 70.1 Å². The van der Waals surface area contributed by atoms with Gasteiger partial charge in [-0.25, -0.2) is 4.98 Å². The number of carbonyl (C=O) groups is 1. The molecule has 0 radical (unpaired) electrons. The zero-order valence-corrected chi connectivity index (χ0v) is 13.0. The smallest absolute Gasteiger partial charge is 0.224 e. The highest BCUT2D eigenvalue weighted by atomic mass is 16.5. The average molecular weight is 305 g/mol. The molecule has 1 aromatic heterocycles. The van der Waals surface area contributed by atoms with Crippen LogP contribution in [0.25, 0.3) is 0 Å². The predicted octanol–water partition coefficient (Wildman–Crippen LogP) is 0.654. The molecule has 3 rings (SSSR count). The number of ether oxygens (including phenoxy) is 1. The highest BCUT2D eigenvalue weighted by molar-refractivity contribution is 5.50. The van der Waals surface area contributed by atoms with Gasteiger partial charge in [0.05, 0.1) is 6.10 Å². The number of piperazine rings is 1. The van der Waals surface area contributed by atoms with Crippen LogP contribution in [0.15, 0.2) is 6.07 Å². The quantitative estimate of drug-likeness (QED) is 0.806. The summed E-state index contributed by atoms with van der Waals surface area (Å²) in [4.78, 5) is 23.8. The predicted molar refractivity (Wildman–Crippen MR) is 84.1 cm³/mol. The lowest BCUT2D eigenvalue weighted by Crippen LogP contribution is -2.46. The number of aromatic nitrogens is 2. The molecule has 2 fully saturated rings. The fourth-order valence-corrected chi connectivity index (χ4v) is 2.86. The monoisotopic (exact) mass is 305 g/mol. The average Bonchev–Trinajstić information content (AvgIpc) is 3.06. The third-order valence-electron chi connectivity index (χ3n) is 4.14. The number of nitrogens with one attached hydrogen (secondary N) is 1. The van der Waals surface area contributed by atoms with Gasteiger partial charge < -0.3 is 19.9 Å². The topological polar surface area (TPSA) is 70.6 Å². The van der Waals surface area contributed by atoms with Gasteiger partial charge in [0.25, 0.3) is 0 Å². The van der Waals surface area contributed by atoms with E-state index in [4.69, 9.17) is 4.74 Å². The molecule has 3 heterocycles. The first-order valence-corrected chi connectivity index (χ1v) is 7.90. The van der Waals surface area contributed by atoms with E-state index in [-0.39, 0.29) is 6.10 Å². The van der Waals surface area contributed by atoms with Gasteiger partial charge in [-0.05, 0) is 19.8 Å². The van der Waals surface area contributed by atoms with Gasteiger partial charge in [-0.2, -0.15) is 4.98 Å². The Labute approximate surface area is 130 Å². The first-order valence-electron chi connectivity index (χ1n) is 7.90. The summed E-state index contributed by atoms with van der Waals surface area (Å²) in [6, 6.07) is 1.99. The number of anilines is 2. The number of rotatable bonds is 5. The summed E-state index contributed by atoms with van der Waals surface area (Å²) in [5.74, 6) is 1.58. The molecule has 0 aliphatic carbocycles. The summed E-state index contributed by atoms with van der Waals surface area (Å²) in [7, 11) is 0. The van der Waals surface area contributed by atoms with Crippen molar-refractivity contribution in [3.8, 4) is 0 Å². The molecule has 2 aliphatic heterocycles. The van der Waals surface area contributed by atoms with Crippen molar-refractivity contribution in [3.05, 3.63) is 11.8 Å². The number of carbonyl (C=O) groups excluding carboxylic acids is 1. The largest absolute Gasteiger partial charge is 0.376 e. The van der Waals surface area contributed by atoms with Gasteiger partial charge in [0.2, 0.25) is 12.4 Å². The van der Waals surface area contributed by atoms with Crippen LogP contribution >= 0.6 is 0 Å². The van der Waals surface area contributed by atoms with Crippen molar-refractivity contribution in [3.63, 3.8) is 0 Å². The van der Waals surface area contributed by atoms with E-state index in [0.29, 0.717) is 5.95 Å². The molecule has 0 spiro atoms. The van der Waals surface area contributed by atoms with Gasteiger partial charge >= 0.3 is 0 Å². The summed E-state index contributed by atoms with van der Waals surface area (Å²) in [6.45, 7) is 6.68. The van der Waals surface area contributed by atoms with Crippen LogP contribution in [-0.4, -0.2) is 66.7 Å². The number of hydrogen-bond acceptors (Lipinski definition) is 6. The van der Waals surface area contributed by atoms with Crippen LogP contribution in [0, 0.1) is 6.92 Å². The Bertz CT molecular complexity index is 511. The van der Waals surface area contributed by atoms with Crippen LogP contribution in [-0.2, 0) is 9.53 Å². The van der Waals surface area contributed by atoms with Crippen molar-refractivity contribution in [1.29, 1.82) is 0 Å². The fraction of sp³-hybridized carbons (Fsp3) is 0.667. The second-order valence-electron chi connectivity index (χ2n) is 5.84. The molecule has 1 atom stereocenters. The first kappa shape index (κ1) is 15.0. The Morgan fingerprint density at radius 1 is 1.36 bits per heavy atom. The normalized spacial score (nSPS) is 22.0. The Hall–Kier alpha value is -1.89. The number of hydrogen-bond donors (Lipinski definition) is 1. The van der Waals surface area contributed by atoms with Crippen molar-refractivity contribution in [1.82, 2.24) is 14.9 Å². The minimum Gasteiger partial charge on any atom is -0.376 e. The van der Waals surface area contributed by atoms with Crippen LogP contribution in [0.5, 0.6) is 0 Å². The standard InChI is InChI=1S/C15H23N5O2/c1-12-9-14(20-6-4-19(11-21)5-7-20)18-15(17-12)16-10-13-3-2-8-22-13/h9,11,13H,2-8,10H2,1H3,(H,16,17,18). The molecule has 2 aliphatic rings. The summed E-state index contributed by atoms with van der Waals surface area (Å²) in [6.07, 6.45) is 3.41. The maximum atomic E-state index is 10.8. The molecule has 7 nitrogen and oxygen atoms in total. The first-order chi connectivity index (χ1) is 10.7. The van der Waals surface area contributed by atoms with E-state index < -0.39 is 0 Å². The van der Waals surface area contributed by atoms with E-state index in [1.807, 2.05) is 13.0 Å². The van der Waals surface area contributed by atoms with E-state index in [1.54, 1.807) is 4.90 Å². The molecule has 0 saturated carbocycles. The van der Waals surface area contributed by atoms with E-state index in [9.17, 15) is 4.79 Å². The van der Waals surface area contributed by atoms with Crippen molar-refractivity contribution < 1.29 is 9.53 Å². The van der Waals surface area contributed by atoms with Gasteiger partial charge in [0.15, 0.2) is 0 Å². The van der Waals surface area contributed by atoms with Gasteiger partial charge in [0.1, 0.15) is 5.82 Å². The summed E-state index contributed by atoms with van der Waals surface area (Å²) < 4.78 is 5.61. The minimum atomic E-state index is 0.267. The minimum absolute atomic E-state index is 0.267. The van der Waals surface area contributed by atoms with Crippen LogP contribution in [0.1, 0.15) is 18.5 Å². The Morgan fingerprint density at radius 2 is 2.18 bits per heavy atom. The summed E-state index contributed by atoms with van der Waals surface area (Å²) >= 11 is 0. The van der Waals surface area contributed by atoms with Crippen LogP contribution in [0.2, 0.25) is 0 Å². The number of amides is 1. The van der Waals surface area contributed by atoms with E-state index in [2.05, 4.69) is 20.2 Å². The van der Waals surface area contributed by atoms with Crippen LogP contribution < -0.4 is 10.2 Å². The zero-order valence-electron chi connectivity index (χ0n) is 13.0. The fourth-order valence-electron chi connectivity index (χ4n) is 2.86. The second kappa shape index (κ2) is 6.91. The molecule has 1 N–H and O–H groups in total. The Balaban J connectivity index is 1.63. The second-order valence-corrected chi connectivity index (χ2v) is 5.84. The third-order valence-corrected chi connectivity index (χ3v) is 4.14. The molecule has 2 saturated heterocycles. The van der Waals surface area contributed by atoms with Crippen LogP contribution in [0.4, 0.5) is 11.8 Å². The van der Waals surface area contributed by atoms with Crippen molar-refractivity contribution in [2.24, 2.45) is 0 Å². The molecule has 120 valence electrons. The van der Waals surface area contributed by atoms with Crippen LogP contribution in [0.3, 0.4) is 0 Å². The van der Waals surface area contributed by atoms with Gasteiger partial charge in [-0.1, -0.05) is 0 Å². The maximum absolute atomic E-state index is 10.8. The maximum Gasteiger partial charge on any atom is 0.224 e.